The summed E-state index contributed by atoms with van der Waals surface area (Å²) in [6.45, 7) is 14.2. The smallest absolute Gasteiger partial charge is 0.462 e. The highest BCUT2D eigenvalue weighted by Gasteiger charge is 2.30. The maximum Gasteiger partial charge on any atom is 0.472 e. The molecule has 0 amide bonds. The van der Waals surface area contributed by atoms with Crippen LogP contribution < -0.4 is 0 Å². The van der Waals surface area contributed by atoms with Crippen LogP contribution in [0.1, 0.15) is 389 Å². The van der Waals surface area contributed by atoms with Gasteiger partial charge in [0.1, 0.15) is 19.3 Å². The molecule has 0 heterocycles. The summed E-state index contributed by atoms with van der Waals surface area (Å²) in [5.74, 6) is 0.946. The minimum Gasteiger partial charge on any atom is -0.462 e. The molecule has 0 fully saturated rings. The molecule has 3 N–H and O–H groups in total. The number of hydrogen-bond acceptors (Lipinski definition) is 15. The molecule has 96 heavy (non-hydrogen) atoms. The van der Waals surface area contributed by atoms with E-state index in [9.17, 15) is 43.2 Å². The van der Waals surface area contributed by atoms with Crippen molar-refractivity contribution in [2.45, 2.75) is 408 Å². The normalized spacial score (nSPS) is 14.7. The topological polar surface area (TPSA) is 237 Å². The number of phosphoric acid groups is 2. The minimum atomic E-state index is -4.96. The number of phosphoric ester groups is 2. The molecular formula is C77H150O17P2. The average Bonchev–Trinajstić information content (AvgIpc) is 1.52. The molecule has 0 aliphatic rings. The number of esters is 4. The molecule has 0 spiro atoms. The Morgan fingerprint density at radius 1 is 0.292 bits per heavy atom. The first-order chi connectivity index (χ1) is 46.2. The number of aliphatic hydroxyl groups excluding tert-OH is 1. The van der Waals surface area contributed by atoms with Crippen LogP contribution in [0.2, 0.25) is 0 Å². The lowest BCUT2D eigenvalue weighted by Crippen LogP contribution is -2.30. The third-order valence-electron chi connectivity index (χ3n) is 18.5. The molecule has 0 aromatic carbocycles. The van der Waals surface area contributed by atoms with Crippen LogP contribution in [0.4, 0.5) is 0 Å². The molecule has 0 aromatic rings. The standard InChI is InChI=1S/C77H150O17P2/c1-9-69(7)55-47-39-30-23-19-17-15-13-11-12-14-16-18-20-25-32-41-49-57-74(79)87-63-72(93-76(81)59-51-43-34-26-22-21-24-31-40-48-56-70(8)10-2)65-91-95(83,84)89-61-71(78)62-90-96(85,86)92-66-73(94-77(82)60-52-44-36-35-38-46-54-68(5)6)64-88-75(80)58-50-42-33-28-27-29-37-45-53-67(3)4/h67-73,78H,9-66H2,1-8H3,(H,83,84)(H,85,86)/t69?,70?,71?,72-,73-/m1/s1. The summed E-state index contributed by atoms with van der Waals surface area (Å²) in [7, 11) is -9.91. The highest BCUT2D eigenvalue weighted by atomic mass is 31.2. The zero-order chi connectivity index (χ0) is 71.0. The predicted octanol–water partition coefficient (Wildman–Crippen LogP) is 22.4. The molecule has 0 radical (unpaired) electrons. The lowest BCUT2D eigenvalue weighted by molar-refractivity contribution is -0.161. The Hall–Kier alpha value is -1.94. The molecule has 0 rings (SSSR count). The molecule has 0 saturated heterocycles. The van der Waals surface area contributed by atoms with E-state index in [-0.39, 0.29) is 25.7 Å². The lowest BCUT2D eigenvalue weighted by atomic mass is 9.99. The van der Waals surface area contributed by atoms with Crippen molar-refractivity contribution in [3.05, 3.63) is 0 Å². The predicted molar refractivity (Wildman–Crippen MR) is 391 cm³/mol. The number of rotatable bonds is 74. The fourth-order valence-electron chi connectivity index (χ4n) is 11.7. The molecule has 5 unspecified atom stereocenters. The van der Waals surface area contributed by atoms with Crippen molar-refractivity contribution in [3.63, 3.8) is 0 Å². The summed E-state index contributed by atoms with van der Waals surface area (Å²) in [4.78, 5) is 72.7. The van der Waals surface area contributed by atoms with Gasteiger partial charge in [0.25, 0.3) is 0 Å². The van der Waals surface area contributed by atoms with Crippen molar-refractivity contribution < 1.29 is 80.2 Å². The Kier molecular flexibility index (Phi) is 65.0. The molecule has 0 saturated carbocycles. The number of carbonyl (C=O) groups is 4. The molecule has 0 aromatic heterocycles. The summed E-state index contributed by atoms with van der Waals surface area (Å²) in [5.41, 5.74) is 0. The van der Waals surface area contributed by atoms with Gasteiger partial charge in [-0.3, -0.25) is 37.3 Å². The van der Waals surface area contributed by atoms with Crippen molar-refractivity contribution in [3.8, 4) is 0 Å². The molecular weight excluding hydrogens is 1260 g/mol. The van der Waals surface area contributed by atoms with Gasteiger partial charge in [-0.15, -0.1) is 0 Å². The molecule has 17 nitrogen and oxygen atoms in total. The van der Waals surface area contributed by atoms with Gasteiger partial charge in [0.05, 0.1) is 26.4 Å². The second-order valence-electron chi connectivity index (χ2n) is 29.2. The summed E-state index contributed by atoms with van der Waals surface area (Å²) in [5, 5.41) is 10.6. The second kappa shape index (κ2) is 66.3. The number of ether oxygens (including phenoxy) is 4. The summed E-state index contributed by atoms with van der Waals surface area (Å²) in [6, 6.07) is 0. The van der Waals surface area contributed by atoms with Crippen LogP contribution >= 0.6 is 15.6 Å². The Labute approximate surface area is 588 Å². The number of carbonyl (C=O) groups excluding carboxylic acids is 4. The van der Waals surface area contributed by atoms with Gasteiger partial charge in [-0.05, 0) is 49.4 Å². The first-order valence-electron chi connectivity index (χ1n) is 39.8. The third kappa shape index (κ3) is 67.9. The first-order valence-corrected chi connectivity index (χ1v) is 42.8. The van der Waals surface area contributed by atoms with Crippen LogP contribution in [0.25, 0.3) is 0 Å². The number of aliphatic hydroxyl groups is 1. The molecule has 0 aliphatic carbocycles. The van der Waals surface area contributed by atoms with Gasteiger partial charge in [-0.1, -0.05) is 338 Å². The quantitative estimate of drug-likeness (QED) is 0.0222. The van der Waals surface area contributed by atoms with E-state index in [2.05, 4.69) is 55.4 Å². The molecule has 0 aliphatic heterocycles. The average molecular weight is 1410 g/mol. The van der Waals surface area contributed by atoms with Gasteiger partial charge in [-0.25, -0.2) is 9.13 Å². The Bertz CT molecular complexity index is 1890. The van der Waals surface area contributed by atoms with Crippen LogP contribution in [0.15, 0.2) is 0 Å². The van der Waals surface area contributed by atoms with E-state index in [4.69, 9.17) is 37.0 Å². The van der Waals surface area contributed by atoms with E-state index in [1.165, 1.54) is 193 Å². The highest BCUT2D eigenvalue weighted by molar-refractivity contribution is 7.47. The summed E-state index contributed by atoms with van der Waals surface area (Å²) in [6.07, 6.45) is 51.6. The van der Waals surface area contributed by atoms with Crippen molar-refractivity contribution >= 4 is 39.5 Å². The zero-order valence-electron chi connectivity index (χ0n) is 63.0. The third-order valence-corrected chi connectivity index (χ3v) is 20.4. The van der Waals surface area contributed by atoms with E-state index in [1.807, 2.05) is 0 Å². The van der Waals surface area contributed by atoms with Crippen LogP contribution in [0.3, 0.4) is 0 Å². The Morgan fingerprint density at radius 3 is 0.740 bits per heavy atom. The lowest BCUT2D eigenvalue weighted by Gasteiger charge is -2.21. The van der Waals surface area contributed by atoms with Crippen molar-refractivity contribution in [2.24, 2.45) is 23.7 Å². The minimum absolute atomic E-state index is 0.101. The van der Waals surface area contributed by atoms with Crippen molar-refractivity contribution in [1.82, 2.24) is 0 Å². The zero-order valence-corrected chi connectivity index (χ0v) is 64.8. The Balaban J connectivity index is 5.16. The van der Waals surface area contributed by atoms with E-state index in [0.29, 0.717) is 31.6 Å². The van der Waals surface area contributed by atoms with Gasteiger partial charge in [0, 0.05) is 25.7 Å². The van der Waals surface area contributed by atoms with Crippen molar-refractivity contribution in [2.75, 3.05) is 39.6 Å². The van der Waals surface area contributed by atoms with Crippen LogP contribution in [0.5, 0.6) is 0 Å². The van der Waals surface area contributed by atoms with Gasteiger partial charge < -0.3 is 33.8 Å². The fraction of sp³-hybridized carbons (Fsp3) is 0.948. The second-order valence-corrected chi connectivity index (χ2v) is 32.1. The SMILES string of the molecule is CCC(C)CCCCCCCCCCCCCCCCCCCCC(=O)OC[C@H](COP(=O)(O)OCC(O)COP(=O)(O)OC[C@@H](COC(=O)CCCCCCCCCCC(C)C)OC(=O)CCCCCCCCC(C)C)OC(=O)CCCCCCCCCCCCC(C)CC. The summed E-state index contributed by atoms with van der Waals surface area (Å²) >= 11 is 0. The van der Waals surface area contributed by atoms with Gasteiger partial charge in [0.15, 0.2) is 12.2 Å². The monoisotopic (exact) mass is 1410 g/mol. The number of unbranched alkanes of at least 4 members (excludes halogenated alkanes) is 38. The maximum absolute atomic E-state index is 13.1. The van der Waals surface area contributed by atoms with E-state index >= 15 is 0 Å². The molecule has 19 heteroatoms. The fourth-order valence-corrected chi connectivity index (χ4v) is 13.2. The van der Waals surface area contributed by atoms with E-state index in [1.54, 1.807) is 0 Å². The highest BCUT2D eigenvalue weighted by Crippen LogP contribution is 2.45. The van der Waals surface area contributed by atoms with Crippen LogP contribution in [0, 0.1) is 23.7 Å². The molecule has 7 atom stereocenters. The van der Waals surface area contributed by atoms with E-state index < -0.39 is 97.5 Å². The largest absolute Gasteiger partial charge is 0.472 e. The van der Waals surface area contributed by atoms with Crippen molar-refractivity contribution in [1.29, 1.82) is 0 Å². The van der Waals surface area contributed by atoms with E-state index in [0.717, 1.165) is 108 Å². The number of hydrogen-bond donors (Lipinski definition) is 3. The first kappa shape index (κ1) is 94.1. The van der Waals surface area contributed by atoms with Crippen LogP contribution in [-0.2, 0) is 65.4 Å². The van der Waals surface area contributed by atoms with Crippen LogP contribution in [-0.4, -0.2) is 96.7 Å². The van der Waals surface area contributed by atoms with Gasteiger partial charge in [-0.2, -0.15) is 0 Å². The Morgan fingerprint density at radius 2 is 0.500 bits per heavy atom. The van der Waals surface area contributed by atoms with Gasteiger partial charge >= 0.3 is 39.5 Å². The van der Waals surface area contributed by atoms with Gasteiger partial charge in [0.2, 0.25) is 0 Å². The molecule has 570 valence electrons. The molecule has 0 bridgehead atoms. The maximum atomic E-state index is 13.1. The summed E-state index contributed by atoms with van der Waals surface area (Å²) < 4.78 is 68.4.